The number of carbonyl (C=O) groups is 2. The van der Waals surface area contributed by atoms with E-state index in [4.69, 9.17) is 4.74 Å². The lowest BCUT2D eigenvalue weighted by Gasteiger charge is -2.27. The molecule has 1 unspecified atom stereocenters. The molecule has 2 aromatic carbocycles. The number of carboxylic acids is 1. The SMILES string of the molecule is CN(CC1CCCOC1)C(=O)c1ccccc1-c1ccccc1C(=O)O. The van der Waals surface area contributed by atoms with Crippen LogP contribution in [-0.4, -0.2) is 48.7 Å². The molecule has 26 heavy (non-hydrogen) atoms. The summed E-state index contributed by atoms with van der Waals surface area (Å²) in [6.07, 6.45) is 2.08. The van der Waals surface area contributed by atoms with Crippen LogP contribution in [0.25, 0.3) is 11.1 Å². The van der Waals surface area contributed by atoms with E-state index >= 15 is 0 Å². The maximum absolute atomic E-state index is 13.0. The third-order valence-electron chi connectivity index (χ3n) is 4.74. The molecule has 136 valence electrons. The monoisotopic (exact) mass is 353 g/mol. The van der Waals surface area contributed by atoms with Crippen LogP contribution in [-0.2, 0) is 4.74 Å². The molecule has 5 heteroatoms. The lowest BCUT2D eigenvalue weighted by Crippen LogP contribution is -2.35. The number of hydrogen-bond donors (Lipinski definition) is 1. The first-order valence-corrected chi connectivity index (χ1v) is 8.83. The predicted octanol–water partition coefficient (Wildman–Crippen LogP) is 3.55. The van der Waals surface area contributed by atoms with Gasteiger partial charge in [0.2, 0.25) is 0 Å². The number of benzene rings is 2. The van der Waals surface area contributed by atoms with Gasteiger partial charge in [0.25, 0.3) is 5.91 Å². The lowest BCUT2D eigenvalue weighted by atomic mass is 9.94. The zero-order valence-corrected chi connectivity index (χ0v) is 14.9. The summed E-state index contributed by atoms with van der Waals surface area (Å²) in [6.45, 7) is 2.11. The van der Waals surface area contributed by atoms with Gasteiger partial charge in [-0.15, -0.1) is 0 Å². The Morgan fingerprint density at radius 3 is 2.31 bits per heavy atom. The standard InChI is InChI=1S/C21H23NO4/c1-22(13-15-7-6-12-26-14-15)20(23)18-10-4-2-8-16(18)17-9-3-5-11-19(17)21(24)25/h2-5,8-11,15H,6-7,12-14H2,1H3,(H,24,25). The minimum absolute atomic E-state index is 0.105. The van der Waals surface area contributed by atoms with Crippen LogP contribution >= 0.6 is 0 Å². The molecule has 3 rings (SSSR count). The van der Waals surface area contributed by atoms with Crippen molar-refractivity contribution < 1.29 is 19.4 Å². The van der Waals surface area contributed by atoms with Crippen molar-refractivity contribution in [3.63, 3.8) is 0 Å². The van der Waals surface area contributed by atoms with Gasteiger partial charge in [-0.3, -0.25) is 4.79 Å². The van der Waals surface area contributed by atoms with E-state index < -0.39 is 5.97 Å². The van der Waals surface area contributed by atoms with Gasteiger partial charge in [0.1, 0.15) is 0 Å². The number of hydrogen-bond acceptors (Lipinski definition) is 3. The van der Waals surface area contributed by atoms with Gasteiger partial charge in [0.05, 0.1) is 12.2 Å². The second-order valence-electron chi connectivity index (χ2n) is 6.67. The molecule has 1 heterocycles. The Balaban J connectivity index is 1.89. The minimum atomic E-state index is -1.00. The van der Waals surface area contributed by atoms with Crippen LogP contribution in [0.5, 0.6) is 0 Å². The van der Waals surface area contributed by atoms with E-state index in [9.17, 15) is 14.7 Å². The molecule has 1 aliphatic rings. The Labute approximate surface area is 153 Å². The van der Waals surface area contributed by atoms with Gasteiger partial charge < -0.3 is 14.7 Å². The maximum Gasteiger partial charge on any atom is 0.336 e. The molecule has 2 aromatic rings. The molecule has 0 radical (unpaired) electrons. The van der Waals surface area contributed by atoms with E-state index in [1.807, 2.05) is 6.07 Å². The highest BCUT2D eigenvalue weighted by atomic mass is 16.5. The Hall–Kier alpha value is -2.66. The average molecular weight is 353 g/mol. The molecule has 1 atom stereocenters. The van der Waals surface area contributed by atoms with Gasteiger partial charge in [-0.25, -0.2) is 4.79 Å². The number of carbonyl (C=O) groups excluding carboxylic acids is 1. The highest BCUT2D eigenvalue weighted by molar-refractivity contribution is 6.04. The molecule has 0 aliphatic carbocycles. The first-order chi connectivity index (χ1) is 12.6. The first kappa shape index (κ1) is 18.1. The normalized spacial score (nSPS) is 16.9. The number of nitrogens with zero attached hydrogens (tertiary/aromatic N) is 1. The minimum Gasteiger partial charge on any atom is -0.478 e. The second-order valence-corrected chi connectivity index (χ2v) is 6.67. The molecule has 1 amide bonds. The third-order valence-corrected chi connectivity index (χ3v) is 4.74. The van der Waals surface area contributed by atoms with Crippen molar-refractivity contribution in [2.45, 2.75) is 12.8 Å². The largest absolute Gasteiger partial charge is 0.478 e. The number of ether oxygens (including phenoxy) is 1. The molecule has 1 saturated heterocycles. The third kappa shape index (κ3) is 3.94. The van der Waals surface area contributed by atoms with Crippen molar-refractivity contribution in [3.05, 3.63) is 59.7 Å². The zero-order chi connectivity index (χ0) is 18.5. The molecule has 0 saturated carbocycles. The van der Waals surface area contributed by atoms with E-state index in [2.05, 4.69) is 0 Å². The van der Waals surface area contributed by atoms with Gasteiger partial charge >= 0.3 is 5.97 Å². The van der Waals surface area contributed by atoms with Gasteiger partial charge in [0, 0.05) is 25.8 Å². The molecular weight excluding hydrogens is 330 g/mol. The highest BCUT2D eigenvalue weighted by Crippen LogP contribution is 2.28. The molecular formula is C21H23NO4. The summed E-state index contributed by atoms with van der Waals surface area (Å²) in [6, 6.07) is 13.9. The van der Waals surface area contributed by atoms with Gasteiger partial charge in [-0.1, -0.05) is 36.4 Å². The highest BCUT2D eigenvalue weighted by Gasteiger charge is 2.23. The van der Waals surface area contributed by atoms with Crippen molar-refractivity contribution in [3.8, 4) is 11.1 Å². The second kappa shape index (κ2) is 8.15. The van der Waals surface area contributed by atoms with Crippen molar-refractivity contribution in [1.82, 2.24) is 4.90 Å². The smallest absolute Gasteiger partial charge is 0.336 e. The Morgan fingerprint density at radius 2 is 1.69 bits per heavy atom. The van der Waals surface area contributed by atoms with Crippen LogP contribution in [0.2, 0.25) is 0 Å². The number of aromatic carboxylic acids is 1. The fraction of sp³-hybridized carbons (Fsp3) is 0.333. The molecule has 1 aliphatic heterocycles. The van der Waals surface area contributed by atoms with Crippen molar-refractivity contribution in [1.29, 1.82) is 0 Å². The zero-order valence-electron chi connectivity index (χ0n) is 14.9. The summed E-state index contributed by atoms with van der Waals surface area (Å²) in [5, 5.41) is 9.47. The molecule has 5 nitrogen and oxygen atoms in total. The van der Waals surface area contributed by atoms with Crippen LogP contribution in [0.4, 0.5) is 0 Å². The van der Waals surface area contributed by atoms with Gasteiger partial charge in [0.15, 0.2) is 0 Å². The summed E-state index contributed by atoms with van der Waals surface area (Å²) in [4.78, 5) is 26.3. The fourth-order valence-corrected chi connectivity index (χ4v) is 3.44. The molecule has 0 spiro atoms. The van der Waals surface area contributed by atoms with Gasteiger partial charge in [-0.2, -0.15) is 0 Å². The summed E-state index contributed by atoms with van der Waals surface area (Å²) < 4.78 is 5.50. The number of rotatable bonds is 5. The van der Waals surface area contributed by atoms with E-state index in [0.29, 0.717) is 35.8 Å². The van der Waals surface area contributed by atoms with E-state index in [-0.39, 0.29) is 11.5 Å². The quantitative estimate of drug-likeness (QED) is 0.893. The molecule has 0 bridgehead atoms. The van der Waals surface area contributed by atoms with Gasteiger partial charge in [-0.05, 0) is 42.0 Å². The van der Waals surface area contributed by atoms with Crippen LogP contribution < -0.4 is 0 Å². The number of amides is 1. The molecule has 0 aromatic heterocycles. The Kier molecular flexibility index (Phi) is 5.68. The van der Waals surface area contributed by atoms with Crippen molar-refractivity contribution in [2.24, 2.45) is 5.92 Å². The summed E-state index contributed by atoms with van der Waals surface area (Å²) in [7, 11) is 1.79. The van der Waals surface area contributed by atoms with E-state index in [1.54, 1.807) is 54.4 Å². The van der Waals surface area contributed by atoms with Crippen LogP contribution in [0.15, 0.2) is 48.5 Å². The topological polar surface area (TPSA) is 66.8 Å². The Bertz CT molecular complexity index is 796. The summed E-state index contributed by atoms with van der Waals surface area (Å²) >= 11 is 0. The summed E-state index contributed by atoms with van der Waals surface area (Å²) in [5.41, 5.74) is 1.90. The number of carboxylic acid groups (broad SMARTS) is 1. The maximum atomic E-state index is 13.0. The summed E-state index contributed by atoms with van der Waals surface area (Å²) in [5.74, 6) is -0.766. The average Bonchev–Trinajstić information content (AvgIpc) is 2.68. The Morgan fingerprint density at radius 1 is 1.08 bits per heavy atom. The molecule has 1 N–H and O–H groups in total. The van der Waals surface area contributed by atoms with Crippen LogP contribution in [0, 0.1) is 5.92 Å². The first-order valence-electron chi connectivity index (χ1n) is 8.83. The fourth-order valence-electron chi connectivity index (χ4n) is 3.44. The molecule has 1 fully saturated rings. The van der Waals surface area contributed by atoms with Crippen molar-refractivity contribution >= 4 is 11.9 Å². The van der Waals surface area contributed by atoms with Crippen molar-refractivity contribution in [2.75, 3.05) is 26.8 Å². The van der Waals surface area contributed by atoms with E-state index in [1.165, 1.54) is 0 Å². The van der Waals surface area contributed by atoms with Crippen LogP contribution in [0.1, 0.15) is 33.6 Å². The van der Waals surface area contributed by atoms with Crippen LogP contribution in [0.3, 0.4) is 0 Å². The lowest BCUT2D eigenvalue weighted by molar-refractivity contribution is 0.0388. The van der Waals surface area contributed by atoms with E-state index in [0.717, 1.165) is 19.4 Å². The predicted molar refractivity (Wildman–Crippen MR) is 99.3 cm³/mol.